The first-order chi connectivity index (χ1) is 15.6. The van der Waals surface area contributed by atoms with Gasteiger partial charge in [0.2, 0.25) is 0 Å². The van der Waals surface area contributed by atoms with Crippen molar-refractivity contribution in [2.24, 2.45) is 17.8 Å². The first-order valence-electron chi connectivity index (χ1n) is 10.9. The van der Waals surface area contributed by atoms with Gasteiger partial charge in [-0.2, -0.15) is 0 Å². The maximum Gasteiger partial charge on any atom is 0.309 e. The van der Waals surface area contributed by atoms with Crippen LogP contribution in [0.1, 0.15) is 40.7 Å². The zero-order chi connectivity index (χ0) is 24.2. The van der Waals surface area contributed by atoms with Crippen LogP contribution in [0.4, 0.5) is 8.78 Å². The minimum Gasteiger partial charge on any atom is -0.511 e. The molecule has 2 aliphatic rings. The Labute approximate surface area is 190 Å². The normalized spacial score (nSPS) is 29.2. The van der Waals surface area contributed by atoms with Gasteiger partial charge in [-0.25, -0.2) is 8.78 Å². The molecular weight excluding hydrogens is 430 g/mol. The van der Waals surface area contributed by atoms with Crippen molar-refractivity contribution in [3.05, 3.63) is 75.5 Å². The molecule has 2 heterocycles. The lowest BCUT2D eigenvalue weighted by Gasteiger charge is -2.35. The molecule has 0 aromatic heterocycles. The van der Waals surface area contributed by atoms with Crippen molar-refractivity contribution < 1.29 is 33.3 Å². The summed E-state index contributed by atoms with van der Waals surface area (Å²) in [6.45, 7) is 7.44. The summed E-state index contributed by atoms with van der Waals surface area (Å²) < 4.78 is 33.6. The second kappa shape index (κ2) is 8.37. The topological polar surface area (TPSA) is 83.8 Å². The van der Waals surface area contributed by atoms with Gasteiger partial charge in [-0.15, -0.1) is 0 Å². The second-order valence-corrected chi connectivity index (χ2v) is 9.20. The first-order valence-corrected chi connectivity index (χ1v) is 10.9. The number of fused-ring (bicyclic) bond motifs is 2. The van der Waals surface area contributed by atoms with Gasteiger partial charge >= 0.3 is 5.97 Å². The Bertz CT molecular complexity index is 1150. The molecule has 2 saturated heterocycles. The highest BCUT2D eigenvalue weighted by atomic mass is 19.2. The fourth-order valence-corrected chi connectivity index (χ4v) is 5.87. The van der Waals surface area contributed by atoms with E-state index < -0.39 is 53.5 Å². The number of aliphatic hydroxyl groups is 1. The van der Waals surface area contributed by atoms with Gasteiger partial charge in [-0.05, 0) is 61.1 Å². The molecule has 2 N–H and O–H groups in total. The zero-order valence-corrected chi connectivity index (χ0v) is 18.8. The number of carbonyl (C=O) groups excluding carboxylic acids is 1. The molecule has 5 nitrogen and oxygen atoms in total. The van der Waals surface area contributed by atoms with E-state index in [2.05, 4.69) is 0 Å². The van der Waals surface area contributed by atoms with E-state index in [9.17, 15) is 28.6 Å². The highest BCUT2D eigenvalue weighted by molar-refractivity contribution is 6.09. The zero-order valence-electron chi connectivity index (χ0n) is 18.8. The molecule has 0 amide bonds. The Hall–Kier alpha value is -3.06. The molecule has 1 unspecified atom stereocenters. The number of aryl methyl sites for hydroxylation is 3. The van der Waals surface area contributed by atoms with E-state index in [0.29, 0.717) is 11.8 Å². The summed E-state index contributed by atoms with van der Waals surface area (Å²) in [7, 11) is 0. The summed E-state index contributed by atoms with van der Waals surface area (Å²) in [6, 6.07) is 7.13. The number of aliphatic carboxylic acids is 1. The van der Waals surface area contributed by atoms with Gasteiger partial charge in [0.25, 0.3) is 0 Å². The van der Waals surface area contributed by atoms with Crippen LogP contribution in [0.2, 0.25) is 0 Å². The smallest absolute Gasteiger partial charge is 0.309 e. The number of aliphatic hydroxyl groups excluding tert-OH is 1. The van der Waals surface area contributed by atoms with E-state index >= 15 is 0 Å². The molecule has 4 rings (SSSR count). The number of ether oxygens (including phenoxy) is 1. The summed E-state index contributed by atoms with van der Waals surface area (Å²) in [5.74, 6) is -6.26. The third-order valence-electron chi connectivity index (χ3n) is 7.12. The molecular formula is C26H26F2O5. The summed E-state index contributed by atoms with van der Waals surface area (Å²) in [6.07, 6.45) is -0.942. The summed E-state index contributed by atoms with van der Waals surface area (Å²) in [4.78, 5) is 24.3. The van der Waals surface area contributed by atoms with E-state index in [4.69, 9.17) is 4.74 Å². The largest absolute Gasteiger partial charge is 0.511 e. The number of rotatable bonds is 5. The van der Waals surface area contributed by atoms with E-state index in [0.717, 1.165) is 28.8 Å². The number of aldehydes is 1. The van der Waals surface area contributed by atoms with Crippen molar-refractivity contribution >= 4 is 17.8 Å². The van der Waals surface area contributed by atoms with Crippen molar-refractivity contribution in [2.75, 3.05) is 0 Å². The number of carboxylic acid groups (broad SMARTS) is 1. The van der Waals surface area contributed by atoms with Gasteiger partial charge in [-0.1, -0.05) is 30.7 Å². The van der Waals surface area contributed by atoms with Crippen molar-refractivity contribution in [1.82, 2.24) is 0 Å². The first kappa shape index (κ1) is 23.1. The fourth-order valence-electron chi connectivity index (χ4n) is 5.87. The van der Waals surface area contributed by atoms with Gasteiger partial charge in [-0.3, -0.25) is 9.59 Å². The van der Waals surface area contributed by atoms with E-state index in [-0.39, 0.29) is 16.9 Å². The van der Waals surface area contributed by atoms with Gasteiger partial charge in [0.1, 0.15) is 5.76 Å². The second-order valence-electron chi connectivity index (χ2n) is 9.20. The van der Waals surface area contributed by atoms with Crippen LogP contribution < -0.4 is 0 Å². The van der Waals surface area contributed by atoms with Crippen LogP contribution in [0.5, 0.6) is 0 Å². The Kier molecular flexibility index (Phi) is 5.86. The highest BCUT2D eigenvalue weighted by Gasteiger charge is 2.62. The van der Waals surface area contributed by atoms with Gasteiger partial charge in [0.05, 0.1) is 23.7 Å². The van der Waals surface area contributed by atoms with E-state index in [1.54, 1.807) is 6.92 Å². The number of hydrogen-bond acceptors (Lipinski definition) is 4. The van der Waals surface area contributed by atoms with Crippen LogP contribution in [-0.2, 0) is 14.3 Å². The molecule has 2 bridgehead atoms. The Balaban J connectivity index is 1.84. The molecule has 2 aromatic carbocycles. The lowest BCUT2D eigenvalue weighted by molar-refractivity contribution is -0.144. The van der Waals surface area contributed by atoms with Crippen LogP contribution in [0.3, 0.4) is 0 Å². The van der Waals surface area contributed by atoms with Gasteiger partial charge in [0.15, 0.2) is 17.9 Å². The molecule has 0 radical (unpaired) electrons. The van der Waals surface area contributed by atoms with Crippen LogP contribution in [0.15, 0.2) is 36.1 Å². The van der Waals surface area contributed by atoms with Crippen LogP contribution in [0.25, 0.3) is 5.57 Å². The quantitative estimate of drug-likeness (QED) is 0.381. The molecule has 7 heteroatoms. The highest BCUT2D eigenvalue weighted by Crippen LogP contribution is 2.56. The van der Waals surface area contributed by atoms with Crippen molar-refractivity contribution in [1.29, 1.82) is 0 Å². The predicted molar refractivity (Wildman–Crippen MR) is 118 cm³/mol. The average molecular weight is 456 g/mol. The van der Waals surface area contributed by atoms with E-state index in [1.807, 2.05) is 32.9 Å². The minimum absolute atomic E-state index is 0.133. The van der Waals surface area contributed by atoms with Crippen molar-refractivity contribution in [3.8, 4) is 0 Å². The number of carbonyl (C=O) groups is 2. The third kappa shape index (κ3) is 3.64. The molecule has 2 fully saturated rings. The van der Waals surface area contributed by atoms with Crippen molar-refractivity contribution in [2.45, 2.75) is 45.8 Å². The molecule has 33 heavy (non-hydrogen) atoms. The number of carboxylic acids is 1. The lowest BCUT2D eigenvalue weighted by atomic mass is 9.65. The van der Waals surface area contributed by atoms with Crippen LogP contribution >= 0.6 is 0 Å². The molecule has 0 aliphatic carbocycles. The maximum absolute atomic E-state index is 14.0. The number of benzene rings is 2. The monoisotopic (exact) mass is 456 g/mol. The molecule has 0 spiro atoms. The Morgan fingerprint density at radius 3 is 2.15 bits per heavy atom. The van der Waals surface area contributed by atoms with Crippen molar-refractivity contribution in [3.63, 3.8) is 0 Å². The summed E-state index contributed by atoms with van der Waals surface area (Å²) in [5, 5.41) is 21.2. The number of halogens is 2. The molecule has 174 valence electrons. The molecule has 2 aromatic rings. The van der Waals surface area contributed by atoms with Gasteiger partial charge in [0, 0.05) is 11.8 Å². The number of allylic oxidation sites excluding steroid dienone is 1. The maximum atomic E-state index is 14.0. The average Bonchev–Trinajstić information content (AvgIpc) is 3.27. The molecule has 6 atom stereocenters. The summed E-state index contributed by atoms with van der Waals surface area (Å²) in [5.41, 5.74) is 3.74. The van der Waals surface area contributed by atoms with Crippen LogP contribution in [0, 0.1) is 50.2 Å². The van der Waals surface area contributed by atoms with E-state index in [1.165, 1.54) is 6.07 Å². The SMILES string of the molecule is Cc1cc(C)c(/C(C=O)=C(\O)[C@@H]2[C@@H]3OC([C@H]2C)[C@@H](C(=O)O)[C@H]3c2ccc(F)c(F)c2)c(C)c1. The minimum atomic E-state index is -1.10. The predicted octanol–water partition coefficient (Wildman–Crippen LogP) is 4.88. The molecule has 0 saturated carbocycles. The third-order valence-corrected chi connectivity index (χ3v) is 7.12. The standard InChI is InChI=1S/C26H26F2O5/c1-11-7-12(2)19(13(3)8-11)16(10-29)23(30)20-14(4)24-22(26(31)32)21(25(20)33-24)15-5-6-17(27)18(28)9-15/h5-10,14,20-22,24-25,30H,1-4H3,(H,31,32)/b23-16-/t14-,20+,21+,22-,24?,25-/m0/s1. The lowest BCUT2D eigenvalue weighted by Crippen LogP contribution is -2.42. The Morgan fingerprint density at radius 2 is 1.61 bits per heavy atom. The Morgan fingerprint density at radius 1 is 0.970 bits per heavy atom. The fraction of sp³-hybridized carbons (Fsp3) is 0.385. The summed E-state index contributed by atoms with van der Waals surface area (Å²) >= 11 is 0. The van der Waals surface area contributed by atoms with Gasteiger partial charge < -0.3 is 14.9 Å². The number of hydrogen-bond donors (Lipinski definition) is 2. The molecule has 2 aliphatic heterocycles. The van der Waals surface area contributed by atoms with Crippen LogP contribution in [-0.4, -0.2) is 34.7 Å².